The lowest BCUT2D eigenvalue weighted by molar-refractivity contribution is 0.128. The molecule has 90 valence electrons. The van der Waals surface area contributed by atoms with Crippen molar-refractivity contribution in [2.75, 3.05) is 12.4 Å². The maximum atomic E-state index is 6.06. The van der Waals surface area contributed by atoms with E-state index in [1.165, 1.54) is 17.7 Å². The number of rotatable bonds is 5. The molecule has 2 rings (SSSR count). The number of thiophene rings is 1. The van der Waals surface area contributed by atoms with Crippen LogP contribution in [-0.4, -0.2) is 24.5 Å². The van der Waals surface area contributed by atoms with Crippen molar-refractivity contribution in [3.63, 3.8) is 0 Å². The molecule has 1 saturated heterocycles. The summed E-state index contributed by atoms with van der Waals surface area (Å²) >= 11 is 3.75. The molecule has 3 atom stereocenters. The second kappa shape index (κ2) is 6.05. The van der Waals surface area contributed by atoms with Crippen LogP contribution in [0.3, 0.4) is 0 Å². The summed E-state index contributed by atoms with van der Waals surface area (Å²) in [4.78, 5) is 1.39. The van der Waals surface area contributed by atoms with Crippen molar-refractivity contribution < 1.29 is 4.74 Å². The summed E-state index contributed by atoms with van der Waals surface area (Å²) in [5, 5.41) is 2.54. The van der Waals surface area contributed by atoms with Crippen LogP contribution in [0.2, 0.25) is 0 Å². The Bertz CT molecular complexity index is 294. The average Bonchev–Trinajstić information content (AvgIpc) is 2.88. The van der Waals surface area contributed by atoms with E-state index in [9.17, 15) is 0 Å². The van der Waals surface area contributed by atoms with Gasteiger partial charge in [0, 0.05) is 23.3 Å². The molecule has 1 aromatic rings. The summed E-state index contributed by atoms with van der Waals surface area (Å²) in [6.07, 6.45) is 2.88. The predicted octanol–water partition coefficient (Wildman–Crippen LogP) is 3.05. The maximum Gasteiger partial charge on any atom is 0.0666 e. The van der Waals surface area contributed by atoms with Gasteiger partial charge in [-0.25, -0.2) is 0 Å². The van der Waals surface area contributed by atoms with Crippen molar-refractivity contribution in [3.05, 3.63) is 22.4 Å². The molecule has 2 nitrogen and oxygen atoms in total. The SMILES string of the molecule is CC(N)C(SCC1CCCO1)c1cccs1. The van der Waals surface area contributed by atoms with E-state index < -0.39 is 0 Å². The fraction of sp³-hybridized carbons (Fsp3) is 0.667. The zero-order valence-corrected chi connectivity index (χ0v) is 11.2. The fourth-order valence-corrected chi connectivity index (χ4v) is 4.36. The average molecular weight is 257 g/mol. The Kier molecular flexibility index (Phi) is 4.70. The number of thioether (sulfide) groups is 1. The molecule has 0 bridgehead atoms. The highest BCUT2D eigenvalue weighted by Crippen LogP contribution is 2.35. The van der Waals surface area contributed by atoms with E-state index in [2.05, 4.69) is 24.4 Å². The van der Waals surface area contributed by atoms with Gasteiger partial charge in [-0.05, 0) is 31.2 Å². The van der Waals surface area contributed by atoms with Crippen LogP contribution >= 0.6 is 23.1 Å². The van der Waals surface area contributed by atoms with Crippen molar-refractivity contribution in [3.8, 4) is 0 Å². The molecule has 0 aromatic carbocycles. The zero-order valence-electron chi connectivity index (χ0n) is 9.59. The molecule has 1 aliphatic heterocycles. The fourth-order valence-electron chi connectivity index (χ4n) is 1.93. The van der Waals surface area contributed by atoms with Crippen LogP contribution < -0.4 is 5.73 Å². The molecule has 0 aliphatic carbocycles. The van der Waals surface area contributed by atoms with E-state index in [0.29, 0.717) is 11.4 Å². The van der Waals surface area contributed by atoms with Gasteiger partial charge in [0.25, 0.3) is 0 Å². The standard InChI is InChI=1S/C12H19NOS2/c1-9(13)12(11-5-3-7-15-11)16-8-10-4-2-6-14-10/h3,5,7,9-10,12H,2,4,6,8,13H2,1H3. The molecule has 0 amide bonds. The van der Waals surface area contributed by atoms with Crippen molar-refractivity contribution in [2.45, 2.75) is 37.2 Å². The van der Waals surface area contributed by atoms with Gasteiger partial charge < -0.3 is 10.5 Å². The predicted molar refractivity (Wildman–Crippen MR) is 72.1 cm³/mol. The second-order valence-electron chi connectivity index (χ2n) is 4.26. The van der Waals surface area contributed by atoms with Crippen molar-refractivity contribution in [1.29, 1.82) is 0 Å². The Morgan fingerprint density at radius 2 is 2.56 bits per heavy atom. The molecule has 16 heavy (non-hydrogen) atoms. The summed E-state index contributed by atoms with van der Waals surface area (Å²) in [7, 11) is 0. The summed E-state index contributed by atoms with van der Waals surface area (Å²) < 4.78 is 5.64. The maximum absolute atomic E-state index is 6.06. The molecule has 0 radical (unpaired) electrons. The van der Waals surface area contributed by atoms with Crippen molar-refractivity contribution >= 4 is 23.1 Å². The molecule has 2 heterocycles. The number of hydrogen-bond donors (Lipinski definition) is 1. The summed E-state index contributed by atoms with van der Waals surface area (Å²) in [5.41, 5.74) is 6.06. The zero-order chi connectivity index (χ0) is 11.4. The minimum Gasteiger partial charge on any atom is -0.377 e. The van der Waals surface area contributed by atoms with E-state index in [1.54, 1.807) is 11.3 Å². The summed E-state index contributed by atoms with van der Waals surface area (Å²) in [5.74, 6) is 1.07. The van der Waals surface area contributed by atoms with Gasteiger partial charge in [-0.15, -0.1) is 23.1 Å². The van der Waals surface area contributed by atoms with Crippen molar-refractivity contribution in [1.82, 2.24) is 0 Å². The third-order valence-electron chi connectivity index (χ3n) is 2.79. The molecule has 1 aromatic heterocycles. The first-order valence-corrected chi connectivity index (χ1v) is 7.72. The number of ether oxygens (including phenoxy) is 1. The third kappa shape index (κ3) is 3.23. The quantitative estimate of drug-likeness (QED) is 0.880. The largest absolute Gasteiger partial charge is 0.377 e. The highest BCUT2D eigenvalue weighted by molar-refractivity contribution is 7.99. The van der Waals surface area contributed by atoms with Gasteiger partial charge in [-0.2, -0.15) is 0 Å². The van der Waals surface area contributed by atoms with Gasteiger partial charge in [-0.1, -0.05) is 6.07 Å². The molecule has 1 aliphatic rings. The van der Waals surface area contributed by atoms with Crippen LogP contribution in [0.15, 0.2) is 17.5 Å². The van der Waals surface area contributed by atoms with Crippen LogP contribution in [0.1, 0.15) is 29.9 Å². The Labute approximate surface area is 106 Å². The molecular weight excluding hydrogens is 238 g/mol. The van der Waals surface area contributed by atoms with E-state index >= 15 is 0 Å². The topological polar surface area (TPSA) is 35.2 Å². The monoisotopic (exact) mass is 257 g/mol. The van der Waals surface area contributed by atoms with Gasteiger partial charge in [0.2, 0.25) is 0 Å². The minimum absolute atomic E-state index is 0.199. The van der Waals surface area contributed by atoms with E-state index in [0.717, 1.165) is 12.4 Å². The number of nitrogens with two attached hydrogens (primary N) is 1. The van der Waals surface area contributed by atoms with Crippen molar-refractivity contribution in [2.24, 2.45) is 5.73 Å². The summed E-state index contributed by atoms with van der Waals surface area (Å²) in [6, 6.07) is 4.48. The van der Waals surface area contributed by atoms with Crippen LogP contribution in [0.4, 0.5) is 0 Å². The molecule has 0 saturated carbocycles. The smallest absolute Gasteiger partial charge is 0.0666 e. The molecule has 0 spiro atoms. The van der Waals surface area contributed by atoms with Gasteiger partial charge in [-0.3, -0.25) is 0 Å². The van der Waals surface area contributed by atoms with Crippen LogP contribution in [0.5, 0.6) is 0 Å². The highest BCUT2D eigenvalue weighted by atomic mass is 32.2. The third-order valence-corrected chi connectivity index (χ3v) is 5.50. The Morgan fingerprint density at radius 1 is 1.69 bits per heavy atom. The molecule has 2 N–H and O–H groups in total. The molecular formula is C12H19NOS2. The highest BCUT2D eigenvalue weighted by Gasteiger charge is 2.22. The minimum atomic E-state index is 0.199. The molecule has 4 heteroatoms. The first-order valence-electron chi connectivity index (χ1n) is 5.79. The van der Waals surface area contributed by atoms with Gasteiger partial charge in [0.05, 0.1) is 11.4 Å². The van der Waals surface area contributed by atoms with Gasteiger partial charge >= 0.3 is 0 Å². The van der Waals surface area contributed by atoms with E-state index in [1.807, 2.05) is 11.8 Å². The van der Waals surface area contributed by atoms with Crippen LogP contribution in [0.25, 0.3) is 0 Å². The normalized spacial score (nSPS) is 24.5. The molecule has 1 fully saturated rings. The van der Waals surface area contributed by atoms with Crippen LogP contribution in [0, 0.1) is 0 Å². The van der Waals surface area contributed by atoms with Gasteiger partial charge in [0.15, 0.2) is 0 Å². The van der Waals surface area contributed by atoms with E-state index in [-0.39, 0.29) is 6.04 Å². The lowest BCUT2D eigenvalue weighted by atomic mass is 10.2. The Balaban J connectivity index is 1.88. The Hall–Kier alpha value is -0.0300. The summed E-state index contributed by atoms with van der Waals surface area (Å²) in [6.45, 7) is 3.03. The lowest BCUT2D eigenvalue weighted by Crippen LogP contribution is -2.23. The lowest BCUT2D eigenvalue weighted by Gasteiger charge is -2.20. The van der Waals surface area contributed by atoms with Crippen LogP contribution in [-0.2, 0) is 4.74 Å². The first kappa shape index (κ1) is 12.4. The van der Waals surface area contributed by atoms with Gasteiger partial charge in [0.1, 0.15) is 0 Å². The second-order valence-corrected chi connectivity index (χ2v) is 6.42. The number of hydrogen-bond acceptors (Lipinski definition) is 4. The first-order chi connectivity index (χ1) is 7.77. The Morgan fingerprint density at radius 3 is 3.12 bits per heavy atom. The van der Waals surface area contributed by atoms with E-state index in [4.69, 9.17) is 10.5 Å². The molecule has 3 unspecified atom stereocenters.